The predicted octanol–water partition coefficient (Wildman–Crippen LogP) is 22.9. The molecule has 25 atom stereocenters. The summed E-state index contributed by atoms with van der Waals surface area (Å²) in [5.74, 6) is 8.72. The lowest BCUT2D eigenvalue weighted by Crippen LogP contribution is -2.45. The molecule has 6 saturated heterocycles. The summed E-state index contributed by atoms with van der Waals surface area (Å²) in [4.78, 5) is 68.9. The highest BCUT2D eigenvalue weighted by molar-refractivity contribution is 5.91. The van der Waals surface area contributed by atoms with Crippen LogP contribution in [-0.2, 0) is 61.9 Å². The quantitative estimate of drug-likeness (QED) is 0.150. The summed E-state index contributed by atoms with van der Waals surface area (Å²) < 4.78 is 38.8. The van der Waals surface area contributed by atoms with Gasteiger partial charge in [-0.05, 0) is 258 Å². The van der Waals surface area contributed by atoms with Crippen LogP contribution >= 0.6 is 0 Å². The van der Waals surface area contributed by atoms with Crippen LogP contribution in [0.5, 0.6) is 0 Å². The van der Waals surface area contributed by atoms with Crippen molar-refractivity contribution >= 4 is 35.8 Å². The maximum absolute atomic E-state index is 11.5. The Morgan fingerprint density at radius 1 is 0.415 bits per heavy atom. The van der Waals surface area contributed by atoms with Crippen LogP contribution in [0.15, 0.2) is 23.0 Å². The molecule has 0 spiro atoms. The first-order valence-corrected chi connectivity index (χ1v) is 43.8. The molecule has 24 unspecified atom stereocenters. The molecule has 7 heterocycles. The average molecular weight is 1480 g/mol. The standard InChI is InChI=1S/C14H24O2.C14H26O.2C13H22O2.2C13H20O2.C13H22O2/c1-4-6-14(3)7-5-11-10(2)8-13(15)16-12(11)9-14;1-4-7-14(3)8-5-12-11(2)6-9-15-13(12)10-14;4*1-8(2)13(4)6-5-10-9(3)12(14)15-11(10)7-13;1-4-6-13(3)7-5-10-9(2)12(14)15-11(10)8-13/h10-12H,4-9H2,1-3H3;11-13H,4-10H2,1-3H3;2*8-11H,5-7H2,1-4H3;8,11H,5-7H2,1-4H3;7-10H,5-6H2,1-4H3;9-11H,4-8H2,1-3H3/t;;9?,10-,11?,13?;;;;/m..0..../s1. The molecule has 7 aliphatic heterocycles. The molecule has 13 heteroatoms. The summed E-state index contributed by atoms with van der Waals surface area (Å²) >= 11 is 0. The molecule has 13 nitrogen and oxygen atoms in total. The molecule has 0 aromatic rings. The fraction of sp³-hybridized carbons (Fsp3) is 0.892. The molecule has 0 N–H and O–H groups in total. The number of ether oxygens (including phenoxy) is 7. The number of hydrogen-bond donors (Lipinski definition) is 0. The van der Waals surface area contributed by atoms with Crippen molar-refractivity contribution in [1.82, 2.24) is 0 Å². The van der Waals surface area contributed by atoms with Crippen LogP contribution in [0.2, 0.25) is 0 Å². The number of carbonyl (C=O) groups is 6. The second kappa shape index (κ2) is 36.0. The Morgan fingerprint density at radius 2 is 0.821 bits per heavy atom. The average Bonchev–Trinajstić information content (AvgIpc) is 1.20. The van der Waals surface area contributed by atoms with E-state index in [1.54, 1.807) is 0 Å². The summed E-state index contributed by atoms with van der Waals surface area (Å²) in [6, 6.07) is 0. The first-order chi connectivity index (χ1) is 49.5. The van der Waals surface area contributed by atoms with Crippen LogP contribution in [0, 0.1) is 133 Å². The molecule has 0 aromatic carbocycles. The highest BCUT2D eigenvalue weighted by Crippen LogP contribution is 2.55. The summed E-state index contributed by atoms with van der Waals surface area (Å²) in [5, 5.41) is 0. The SMILES string of the molecule is CC1=C2CCC(C)(C(C)C)CC2OC1=O.CC1C(=O)OC2=CC(C)(C(C)C)CCC21.CC1C(=O)OC2CC(C)(C(C)C)CCC21.CC1C(=O)OC2CC(C)(C(C)C)CC[C@H]21.CCCC1(C)CCC2C(C)CC(=O)OC2C1.CCCC1(C)CCC2C(C)CCOC2C1.CCCC1(C)CCC2C(C1)OC(=O)C2C. The van der Waals surface area contributed by atoms with Crippen molar-refractivity contribution in [2.24, 2.45) is 133 Å². The van der Waals surface area contributed by atoms with Crippen molar-refractivity contribution in [2.45, 2.75) is 390 Å². The number of fused-ring (bicyclic) bond motifs is 7. The van der Waals surface area contributed by atoms with Crippen molar-refractivity contribution < 1.29 is 61.9 Å². The fourth-order valence-corrected chi connectivity index (χ4v) is 22.1. The van der Waals surface area contributed by atoms with Gasteiger partial charge in [0.1, 0.15) is 36.3 Å². The lowest BCUT2D eigenvalue weighted by Gasteiger charge is -2.47. The Kier molecular flexibility index (Phi) is 29.8. The number of hydrogen-bond acceptors (Lipinski definition) is 13. The Bertz CT molecular complexity index is 2990. The second-order valence-corrected chi connectivity index (χ2v) is 41.1. The highest BCUT2D eigenvalue weighted by Gasteiger charge is 2.53. The van der Waals surface area contributed by atoms with E-state index in [0.717, 1.165) is 87.6 Å². The van der Waals surface area contributed by atoms with Crippen molar-refractivity contribution in [2.75, 3.05) is 6.61 Å². The summed E-state index contributed by atoms with van der Waals surface area (Å²) in [6.45, 7) is 56.9. The lowest BCUT2D eigenvalue weighted by molar-refractivity contribution is -0.170. The van der Waals surface area contributed by atoms with Crippen molar-refractivity contribution in [1.29, 1.82) is 0 Å². The van der Waals surface area contributed by atoms with E-state index in [9.17, 15) is 28.8 Å². The number of allylic oxidation sites excluding steroid dienone is 2. The van der Waals surface area contributed by atoms with Gasteiger partial charge >= 0.3 is 35.8 Å². The molecule has 0 radical (unpaired) electrons. The fourth-order valence-electron chi connectivity index (χ4n) is 22.1. The molecular formula is C93H156O13. The third-order valence-corrected chi connectivity index (χ3v) is 32.3. The van der Waals surface area contributed by atoms with Crippen LogP contribution in [-0.4, -0.2) is 79.0 Å². The smallest absolute Gasteiger partial charge is 0.334 e. The van der Waals surface area contributed by atoms with Crippen LogP contribution in [0.4, 0.5) is 0 Å². The van der Waals surface area contributed by atoms with Gasteiger partial charge in [-0.25, -0.2) is 4.79 Å². The van der Waals surface area contributed by atoms with E-state index in [2.05, 4.69) is 145 Å². The van der Waals surface area contributed by atoms with Gasteiger partial charge in [-0.2, -0.15) is 0 Å². The zero-order chi connectivity index (χ0) is 78.6. The van der Waals surface area contributed by atoms with Gasteiger partial charge in [-0.15, -0.1) is 0 Å². The monoisotopic (exact) mass is 1480 g/mol. The Balaban J connectivity index is 0.000000156. The van der Waals surface area contributed by atoms with E-state index in [1.165, 1.54) is 121 Å². The minimum Gasteiger partial charge on any atom is -0.462 e. The summed E-state index contributed by atoms with van der Waals surface area (Å²) in [7, 11) is 0. The molecule has 0 aromatic heterocycles. The van der Waals surface area contributed by atoms with E-state index < -0.39 is 0 Å². The van der Waals surface area contributed by atoms with Gasteiger partial charge in [-0.3, -0.25) is 24.0 Å². The number of rotatable bonds is 10. The number of carbonyl (C=O) groups excluding carboxylic acids is 6. The molecule has 106 heavy (non-hydrogen) atoms. The molecule has 6 saturated carbocycles. The van der Waals surface area contributed by atoms with Gasteiger partial charge in [0, 0.05) is 42.3 Å². The van der Waals surface area contributed by atoms with E-state index in [-0.39, 0.29) is 95.4 Å². The minimum atomic E-state index is -0.0944. The number of esters is 6. The topological polar surface area (TPSA) is 167 Å². The zero-order valence-electron chi connectivity index (χ0n) is 72.1. The van der Waals surface area contributed by atoms with Gasteiger partial charge < -0.3 is 33.2 Å². The minimum absolute atomic E-state index is 0.0227. The first kappa shape index (κ1) is 87.8. The van der Waals surface area contributed by atoms with Crippen molar-refractivity contribution in [3.63, 3.8) is 0 Å². The van der Waals surface area contributed by atoms with E-state index in [4.69, 9.17) is 33.2 Å². The van der Waals surface area contributed by atoms with Gasteiger partial charge in [-0.1, -0.05) is 185 Å². The Labute approximate surface area is 646 Å². The Morgan fingerprint density at radius 3 is 1.26 bits per heavy atom. The van der Waals surface area contributed by atoms with Crippen LogP contribution in [0.25, 0.3) is 0 Å². The third-order valence-electron chi connectivity index (χ3n) is 32.3. The third kappa shape index (κ3) is 20.5. The summed E-state index contributed by atoms with van der Waals surface area (Å²) in [5.41, 5.74) is 4.80. The van der Waals surface area contributed by atoms with Gasteiger partial charge in [0.05, 0.1) is 29.8 Å². The molecule has 0 amide bonds. The molecule has 0 bridgehead atoms. The van der Waals surface area contributed by atoms with Gasteiger partial charge in [0.2, 0.25) is 0 Å². The van der Waals surface area contributed by atoms with Crippen LogP contribution < -0.4 is 0 Å². The molecular weight excluding hydrogens is 1330 g/mol. The maximum atomic E-state index is 11.5. The zero-order valence-corrected chi connectivity index (χ0v) is 72.1. The van der Waals surface area contributed by atoms with Gasteiger partial charge in [0.15, 0.2) is 0 Å². The first-order valence-electron chi connectivity index (χ1n) is 43.8. The predicted molar refractivity (Wildman–Crippen MR) is 424 cm³/mol. The highest BCUT2D eigenvalue weighted by atomic mass is 16.6. The molecule has 606 valence electrons. The largest absolute Gasteiger partial charge is 0.462 e. The summed E-state index contributed by atoms with van der Waals surface area (Å²) in [6.07, 6.45) is 37.0. The van der Waals surface area contributed by atoms with Crippen LogP contribution in [0.1, 0.15) is 353 Å². The van der Waals surface area contributed by atoms with E-state index in [0.29, 0.717) is 104 Å². The van der Waals surface area contributed by atoms with Crippen LogP contribution in [0.3, 0.4) is 0 Å². The second-order valence-electron chi connectivity index (χ2n) is 41.1. The molecule has 7 aliphatic carbocycles. The molecule has 14 rings (SSSR count). The molecule has 14 aliphatic rings. The maximum Gasteiger partial charge on any atom is 0.334 e. The molecule has 12 fully saturated rings. The lowest BCUT2D eigenvalue weighted by atomic mass is 9.63. The van der Waals surface area contributed by atoms with Crippen molar-refractivity contribution in [3.05, 3.63) is 23.0 Å². The van der Waals surface area contributed by atoms with E-state index in [1.807, 2.05) is 34.6 Å². The van der Waals surface area contributed by atoms with Crippen molar-refractivity contribution in [3.8, 4) is 0 Å². The Hall–Kier alpha value is -3.74. The normalized spacial score (nSPS) is 43.1. The van der Waals surface area contributed by atoms with Gasteiger partial charge in [0.25, 0.3) is 0 Å². The van der Waals surface area contributed by atoms with E-state index >= 15 is 0 Å².